The van der Waals surface area contributed by atoms with E-state index in [1.54, 1.807) is 0 Å². The van der Waals surface area contributed by atoms with Gasteiger partial charge in [0.2, 0.25) is 0 Å². The Kier molecular flexibility index (Phi) is 6.28. The number of nitrogens with zero attached hydrogens (tertiary/aromatic N) is 5. The number of rotatable bonds is 8. The minimum absolute atomic E-state index is 0.0663. The van der Waals surface area contributed by atoms with Crippen molar-refractivity contribution in [1.29, 1.82) is 0 Å². The van der Waals surface area contributed by atoms with E-state index in [4.69, 9.17) is 4.74 Å². The molecule has 170 valence electrons. The van der Waals surface area contributed by atoms with Crippen molar-refractivity contribution >= 4 is 10.9 Å². The number of H-pyrrole nitrogens is 1. The van der Waals surface area contributed by atoms with Crippen LogP contribution in [-0.2, 0) is 30.9 Å². The fraction of sp³-hybridized carbons (Fsp3) is 0.360. The van der Waals surface area contributed by atoms with E-state index in [0.29, 0.717) is 26.2 Å². The second kappa shape index (κ2) is 9.64. The average Bonchev–Trinajstić information content (AvgIpc) is 3.48. The van der Waals surface area contributed by atoms with Crippen LogP contribution in [-0.4, -0.2) is 42.8 Å². The van der Waals surface area contributed by atoms with Crippen molar-refractivity contribution in [3.05, 3.63) is 87.5 Å². The molecule has 5 rings (SSSR count). The van der Waals surface area contributed by atoms with E-state index in [2.05, 4.69) is 50.5 Å². The molecule has 0 amide bonds. The minimum atomic E-state index is -0.0663. The highest BCUT2D eigenvalue weighted by Crippen LogP contribution is 2.18. The monoisotopic (exact) mass is 444 g/mol. The highest BCUT2D eigenvalue weighted by molar-refractivity contribution is 5.79. The van der Waals surface area contributed by atoms with E-state index in [-0.39, 0.29) is 11.7 Å². The van der Waals surface area contributed by atoms with Crippen LogP contribution in [0.15, 0.2) is 59.4 Å². The molecule has 0 aliphatic carbocycles. The molecule has 1 fully saturated rings. The van der Waals surface area contributed by atoms with Crippen LogP contribution >= 0.6 is 0 Å². The van der Waals surface area contributed by atoms with Crippen LogP contribution in [0.3, 0.4) is 0 Å². The van der Waals surface area contributed by atoms with Gasteiger partial charge in [-0.1, -0.05) is 42.0 Å². The van der Waals surface area contributed by atoms with Crippen molar-refractivity contribution in [2.75, 3.05) is 6.61 Å². The molecule has 4 aromatic rings. The maximum atomic E-state index is 12.9. The van der Waals surface area contributed by atoms with Gasteiger partial charge >= 0.3 is 0 Å². The second-order valence-electron chi connectivity index (χ2n) is 8.76. The molecule has 2 aromatic heterocycles. The summed E-state index contributed by atoms with van der Waals surface area (Å²) in [7, 11) is 0. The van der Waals surface area contributed by atoms with Crippen LogP contribution in [0.4, 0.5) is 0 Å². The molecule has 2 aromatic carbocycles. The number of tetrazole rings is 1. The lowest BCUT2D eigenvalue weighted by molar-refractivity contribution is 0.0914. The molecule has 1 saturated heterocycles. The first kappa shape index (κ1) is 21.5. The summed E-state index contributed by atoms with van der Waals surface area (Å²) < 4.78 is 7.60. The van der Waals surface area contributed by atoms with Gasteiger partial charge in [0.05, 0.1) is 19.2 Å². The Hall–Kier alpha value is -3.36. The van der Waals surface area contributed by atoms with E-state index < -0.39 is 0 Å². The topological polar surface area (TPSA) is 88.9 Å². The lowest BCUT2D eigenvalue weighted by Gasteiger charge is -2.22. The van der Waals surface area contributed by atoms with E-state index in [0.717, 1.165) is 47.3 Å². The van der Waals surface area contributed by atoms with Crippen LogP contribution in [0, 0.1) is 6.92 Å². The van der Waals surface area contributed by atoms with Gasteiger partial charge < -0.3 is 9.72 Å². The molecule has 1 aliphatic heterocycles. The Labute approximate surface area is 192 Å². The molecule has 8 heteroatoms. The highest BCUT2D eigenvalue weighted by atomic mass is 16.5. The first-order chi connectivity index (χ1) is 16.1. The Morgan fingerprint density at radius 1 is 1.12 bits per heavy atom. The number of pyridine rings is 1. The van der Waals surface area contributed by atoms with Gasteiger partial charge in [0.15, 0.2) is 5.82 Å². The predicted molar refractivity (Wildman–Crippen MR) is 125 cm³/mol. The molecule has 1 aliphatic rings. The van der Waals surface area contributed by atoms with Gasteiger partial charge in [0.25, 0.3) is 5.56 Å². The first-order valence-corrected chi connectivity index (χ1v) is 11.4. The lowest BCUT2D eigenvalue weighted by Crippen LogP contribution is -2.29. The third kappa shape index (κ3) is 5.18. The largest absolute Gasteiger partial charge is 0.376 e. The van der Waals surface area contributed by atoms with Gasteiger partial charge in [-0.15, -0.1) is 5.10 Å². The average molecular weight is 445 g/mol. The molecule has 1 N–H and O–H groups in total. The standard InChI is InChI=1S/C25H28N6O2/c1-18-9-10-23-20(12-18)13-21(25(32)26-23)15-30(14-19-6-3-2-4-7-19)17-24-27-28-29-31(24)16-22-8-5-11-33-22/h2-4,6-7,9-10,12-13,22H,5,8,11,14-17H2,1H3,(H,26,32)/t22-/m0/s1. The van der Waals surface area contributed by atoms with Gasteiger partial charge in [-0.25, -0.2) is 4.68 Å². The van der Waals surface area contributed by atoms with E-state index in [1.165, 1.54) is 5.56 Å². The molecule has 0 bridgehead atoms. The van der Waals surface area contributed by atoms with Gasteiger partial charge in [0.1, 0.15) is 0 Å². The summed E-state index contributed by atoms with van der Waals surface area (Å²) in [4.78, 5) is 18.1. The molecular weight excluding hydrogens is 416 g/mol. The summed E-state index contributed by atoms with van der Waals surface area (Å²) in [6.45, 7) is 5.20. The third-order valence-electron chi connectivity index (χ3n) is 6.09. The summed E-state index contributed by atoms with van der Waals surface area (Å²) >= 11 is 0. The summed E-state index contributed by atoms with van der Waals surface area (Å²) in [5.41, 5.74) is 3.84. The van der Waals surface area contributed by atoms with Crippen molar-refractivity contribution in [3.63, 3.8) is 0 Å². The number of aromatic nitrogens is 5. The maximum absolute atomic E-state index is 12.9. The zero-order chi connectivity index (χ0) is 22.6. The summed E-state index contributed by atoms with van der Waals surface area (Å²) in [5.74, 6) is 0.773. The number of aryl methyl sites for hydroxylation is 1. The highest BCUT2D eigenvalue weighted by Gasteiger charge is 2.20. The molecular formula is C25H28N6O2. The minimum Gasteiger partial charge on any atom is -0.376 e. The Bertz CT molecular complexity index is 1280. The van der Waals surface area contributed by atoms with Crippen molar-refractivity contribution in [2.24, 2.45) is 0 Å². The molecule has 3 heterocycles. The van der Waals surface area contributed by atoms with Gasteiger partial charge in [-0.05, 0) is 59.3 Å². The Morgan fingerprint density at radius 2 is 2.00 bits per heavy atom. The Balaban J connectivity index is 1.42. The van der Waals surface area contributed by atoms with Gasteiger partial charge in [-0.2, -0.15) is 0 Å². The molecule has 33 heavy (non-hydrogen) atoms. The number of hydrogen-bond acceptors (Lipinski definition) is 6. The number of ether oxygens (including phenoxy) is 1. The quantitative estimate of drug-likeness (QED) is 0.449. The molecule has 0 spiro atoms. The maximum Gasteiger partial charge on any atom is 0.252 e. The normalized spacial score (nSPS) is 16.1. The lowest BCUT2D eigenvalue weighted by atomic mass is 10.1. The fourth-order valence-electron chi connectivity index (χ4n) is 4.40. The van der Waals surface area contributed by atoms with Crippen LogP contribution < -0.4 is 5.56 Å². The van der Waals surface area contributed by atoms with Crippen molar-refractivity contribution in [2.45, 2.75) is 52.0 Å². The first-order valence-electron chi connectivity index (χ1n) is 11.4. The zero-order valence-corrected chi connectivity index (χ0v) is 18.8. The number of fused-ring (bicyclic) bond motifs is 1. The van der Waals surface area contributed by atoms with Gasteiger partial charge in [-0.3, -0.25) is 9.69 Å². The number of nitrogens with one attached hydrogen (secondary N) is 1. The molecule has 8 nitrogen and oxygen atoms in total. The van der Waals surface area contributed by atoms with Crippen LogP contribution in [0.5, 0.6) is 0 Å². The van der Waals surface area contributed by atoms with E-state index in [9.17, 15) is 4.79 Å². The van der Waals surface area contributed by atoms with Crippen molar-refractivity contribution in [1.82, 2.24) is 30.1 Å². The fourth-order valence-corrected chi connectivity index (χ4v) is 4.40. The SMILES string of the molecule is Cc1ccc2[nH]c(=O)c(CN(Cc3ccccc3)Cc3nnnn3C[C@@H]3CCCO3)cc2c1. The molecule has 0 unspecified atom stereocenters. The van der Waals surface area contributed by atoms with E-state index >= 15 is 0 Å². The zero-order valence-electron chi connectivity index (χ0n) is 18.8. The predicted octanol–water partition coefficient (Wildman–Crippen LogP) is 3.20. The summed E-state index contributed by atoms with van der Waals surface area (Å²) in [5, 5.41) is 13.4. The molecule has 1 atom stereocenters. The molecule has 0 radical (unpaired) electrons. The van der Waals surface area contributed by atoms with Crippen LogP contribution in [0.2, 0.25) is 0 Å². The number of benzene rings is 2. The van der Waals surface area contributed by atoms with Gasteiger partial charge in [0, 0.05) is 30.8 Å². The second-order valence-corrected chi connectivity index (χ2v) is 8.76. The number of hydrogen-bond donors (Lipinski definition) is 1. The molecule has 0 saturated carbocycles. The van der Waals surface area contributed by atoms with E-state index in [1.807, 2.05) is 41.1 Å². The van der Waals surface area contributed by atoms with Crippen molar-refractivity contribution in [3.8, 4) is 0 Å². The smallest absolute Gasteiger partial charge is 0.252 e. The van der Waals surface area contributed by atoms with Crippen LogP contribution in [0.1, 0.15) is 35.4 Å². The third-order valence-corrected chi connectivity index (χ3v) is 6.09. The summed E-state index contributed by atoms with van der Waals surface area (Å²) in [6.07, 6.45) is 2.26. The number of aromatic amines is 1. The van der Waals surface area contributed by atoms with Crippen LogP contribution in [0.25, 0.3) is 10.9 Å². The van der Waals surface area contributed by atoms with Crippen molar-refractivity contribution < 1.29 is 4.74 Å². The summed E-state index contributed by atoms with van der Waals surface area (Å²) in [6, 6.07) is 18.3. The Morgan fingerprint density at radius 3 is 2.82 bits per heavy atom.